The van der Waals surface area contributed by atoms with Crippen LogP contribution in [0.3, 0.4) is 0 Å². The van der Waals surface area contributed by atoms with Gasteiger partial charge in [-0.1, -0.05) is 24.3 Å². The molecule has 38 heavy (non-hydrogen) atoms. The monoisotopic (exact) mass is 514 g/mol. The van der Waals surface area contributed by atoms with E-state index in [0.29, 0.717) is 23.4 Å². The Bertz CT molecular complexity index is 1260. The fraction of sp³-hybridized carbons (Fsp3) is 0.419. The van der Waals surface area contributed by atoms with Gasteiger partial charge in [0.25, 0.3) is 11.8 Å². The van der Waals surface area contributed by atoms with Crippen molar-refractivity contribution in [3.8, 4) is 5.75 Å². The summed E-state index contributed by atoms with van der Waals surface area (Å²) in [7, 11) is 1.61. The Morgan fingerprint density at radius 1 is 0.842 bits per heavy atom. The summed E-state index contributed by atoms with van der Waals surface area (Å²) in [4.78, 5) is 30.2. The number of rotatable bonds is 9. The van der Waals surface area contributed by atoms with Crippen LogP contribution in [0.2, 0.25) is 0 Å². The predicted octanol–water partition coefficient (Wildman–Crippen LogP) is 4.07. The summed E-state index contributed by atoms with van der Waals surface area (Å²) in [6, 6.07) is 19.9. The third-order valence-electron chi connectivity index (χ3n) is 7.74. The maximum Gasteiger partial charge on any atom is 0.251 e. The minimum absolute atomic E-state index is 0.00503. The lowest BCUT2D eigenvalue weighted by Crippen LogP contribution is -2.44. The topological polar surface area (TPSA) is 73.9 Å². The van der Waals surface area contributed by atoms with Crippen LogP contribution in [-0.2, 0) is 6.54 Å². The Kier molecular flexibility index (Phi) is 8.56. The number of fused-ring (bicyclic) bond motifs is 1. The van der Waals surface area contributed by atoms with Crippen molar-refractivity contribution in [2.75, 3.05) is 46.4 Å². The summed E-state index contributed by atoms with van der Waals surface area (Å²) in [5.74, 6) is 0.635. The first-order valence-corrected chi connectivity index (χ1v) is 13.8. The van der Waals surface area contributed by atoms with Crippen molar-refractivity contribution in [1.82, 2.24) is 20.4 Å². The first kappa shape index (κ1) is 26.2. The zero-order valence-corrected chi connectivity index (χ0v) is 22.2. The number of nitrogens with zero attached hydrogens (tertiary/aromatic N) is 2. The molecule has 200 valence electrons. The maximum absolute atomic E-state index is 12.7. The number of hydrogen-bond acceptors (Lipinski definition) is 5. The van der Waals surface area contributed by atoms with Crippen molar-refractivity contribution in [3.05, 3.63) is 77.4 Å². The second kappa shape index (κ2) is 12.4. The number of hydrogen-bond donors (Lipinski definition) is 2. The molecule has 3 aromatic carbocycles. The Morgan fingerprint density at radius 3 is 2.39 bits per heavy atom. The molecule has 0 aromatic heterocycles. The van der Waals surface area contributed by atoms with Gasteiger partial charge in [-0.15, -0.1) is 0 Å². The van der Waals surface area contributed by atoms with Gasteiger partial charge in [-0.2, -0.15) is 0 Å². The van der Waals surface area contributed by atoms with Gasteiger partial charge in [-0.05, 0) is 91.5 Å². The summed E-state index contributed by atoms with van der Waals surface area (Å²) in [5.41, 5.74) is 2.58. The first-order valence-electron chi connectivity index (χ1n) is 13.8. The average molecular weight is 515 g/mol. The smallest absolute Gasteiger partial charge is 0.251 e. The van der Waals surface area contributed by atoms with Crippen LogP contribution in [0.4, 0.5) is 0 Å². The number of benzene rings is 3. The van der Waals surface area contributed by atoms with E-state index in [1.54, 1.807) is 13.2 Å². The normalized spacial score (nSPS) is 17.0. The summed E-state index contributed by atoms with van der Waals surface area (Å²) < 4.78 is 5.24. The third-order valence-corrected chi connectivity index (χ3v) is 7.74. The van der Waals surface area contributed by atoms with Gasteiger partial charge in [0.15, 0.2) is 0 Å². The number of amides is 2. The molecule has 0 bridgehead atoms. The minimum Gasteiger partial charge on any atom is -0.497 e. The highest BCUT2D eigenvalue weighted by molar-refractivity contribution is 5.98. The van der Waals surface area contributed by atoms with E-state index in [-0.39, 0.29) is 17.9 Å². The molecule has 0 spiro atoms. The zero-order valence-electron chi connectivity index (χ0n) is 22.2. The lowest BCUT2D eigenvalue weighted by molar-refractivity contribution is 0.0907. The second-order valence-corrected chi connectivity index (χ2v) is 10.5. The van der Waals surface area contributed by atoms with Crippen molar-refractivity contribution in [2.45, 2.75) is 38.3 Å². The molecule has 2 amide bonds. The Balaban J connectivity index is 1.12. The minimum atomic E-state index is -0.0484. The lowest BCUT2D eigenvalue weighted by atomic mass is 10.0. The molecular weight excluding hydrogens is 476 g/mol. The molecule has 5 rings (SSSR count). The van der Waals surface area contributed by atoms with E-state index in [9.17, 15) is 9.59 Å². The number of piperidine rings is 1. The van der Waals surface area contributed by atoms with E-state index in [4.69, 9.17) is 4.74 Å². The first-order chi connectivity index (χ1) is 18.6. The molecule has 0 aliphatic carbocycles. The molecule has 7 heteroatoms. The Hall–Kier alpha value is -3.42. The number of carbonyl (C=O) groups is 2. The third kappa shape index (κ3) is 6.71. The highest BCUT2D eigenvalue weighted by Gasteiger charge is 2.21. The van der Waals surface area contributed by atoms with Gasteiger partial charge in [0, 0.05) is 49.9 Å². The van der Waals surface area contributed by atoms with Crippen LogP contribution in [0.5, 0.6) is 5.75 Å². The molecule has 2 heterocycles. The van der Waals surface area contributed by atoms with Gasteiger partial charge >= 0.3 is 0 Å². The van der Waals surface area contributed by atoms with Gasteiger partial charge in [-0.3, -0.25) is 14.5 Å². The highest BCUT2D eigenvalue weighted by atomic mass is 16.5. The van der Waals surface area contributed by atoms with Crippen LogP contribution < -0.4 is 15.4 Å². The van der Waals surface area contributed by atoms with E-state index < -0.39 is 0 Å². The summed E-state index contributed by atoms with van der Waals surface area (Å²) >= 11 is 0. The quantitative estimate of drug-likeness (QED) is 0.450. The van der Waals surface area contributed by atoms with Crippen molar-refractivity contribution >= 4 is 22.6 Å². The van der Waals surface area contributed by atoms with Crippen molar-refractivity contribution in [1.29, 1.82) is 0 Å². The van der Waals surface area contributed by atoms with Crippen molar-refractivity contribution in [3.63, 3.8) is 0 Å². The van der Waals surface area contributed by atoms with Gasteiger partial charge < -0.3 is 20.3 Å². The van der Waals surface area contributed by atoms with Crippen molar-refractivity contribution in [2.24, 2.45) is 0 Å². The average Bonchev–Trinajstić information content (AvgIpc) is 3.47. The Labute approximate surface area is 225 Å². The fourth-order valence-electron chi connectivity index (χ4n) is 5.50. The van der Waals surface area contributed by atoms with Crippen LogP contribution in [0.25, 0.3) is 10.8 Å². The summed E-state index contributed by atoms with van der Waals surface area (Å²) in [6.45, 7) is 6.62. The number of likely N-dealkylation sites (tertiary alicyclic amines) is 2. The van der Waals surface area contributed by atoms with Crippen LogP contribution in [0.1, 0.15) is 52.0 Å². The fourth-order valence-corrected chi connectivity index (χ4v) is 5.50. The summed E-state index contributed by atoms with van der Waals surface area (Å²) in [6.07, 6.45) is 4.37. The molecule has 2 aliphatic heterocycles. The summed E-state index contributed by atoms with van der Waals surface area (Å²) in [5, 5.41) is 8.49. The molecule has 2 N–H and O–H groups in total. The van der Waals surface area contributed by atoms with E-state index in [1.807, 2.05) is 36.4 Å². The molecule has 0 unspecified atom stereocenters. The number of nitrogens with one attached hydrogen (secondary N) is 2. The van der Waals surface area contributed by atoms with E-state index >= 15 is 0 Å². The van der Waals surface area contributed by atoms with E-state index in [2.05, 4.69) is 38.6 Å². The van der Waals surface area contributed by atoms with Crippen LogP contribution in [0, 0.1) is 0 Å². The van der Waals surface area contributed by atoms with Crippen LogP contribution >= 0.6 is 0 Å². The van der Waals surface area contributed by atoms with E-state index in [0.717, 1.165) is 62.9 Å². The molecule has 0 atom stereocenters. The van der Waals surface area contributed by atoms with Crippen LogP contribution in [0.15, 0.2) is 60.7 Å². The van der Waals surface area contributed by atoms with Gasteiger partial charge in [0.1, 0.15) is 5.75 Å². The number of ether oxygens (including phenoxy) is 1. The molecule has 2 fully saturated rings. The molecule has 7 nitrogen and oxygen atoms in total. The molecule has 2 saturated heterocycles. The van der Waals surface area contributed by atoms with Crippen LogP contribution in [-0.4, -0.2) is 74.0 Å². The largest absolute Gasteiger partial charge is 0.497 e. The zero-order chi connectivity index (χ0) is 26.3. The van der Waals surface area contributed by atoms with E-state index in [1.165, 1.54) is 18.4 Å². The molecular formula is C31H38N4O3. The molecule has 2 aliphatic rings. The van der Waals surface area contributed by atoms with Crippen molar-refractivity contribution < 1.29 is 14.3 Å². The highest BCUT2D eigenvalue weighted by Crippen LogP contribution is 2.21. The Morgan fingerprint density at radius 2 is 1.61 bits per heavy atom. The van der Waals surface area contributed by atoms with Gasteiger partial charge in [-0.25, -0.2) is 0 Å². The number of methoxy groups -OCH3 is 1. The predicted molar refractivity (Wildman–Crippen MR) is 151 cm³/mol. The molecule has 0 saturated carbocycles. The molecule has 0 radical (unpaired) electrons. The maximum atomic E-state index is 12.7. The standard InChI is InChI=1S/C31H38N4O3/c1-38-29-6-4-5-25(21-29)31(37)33-28-11-16-35(17-12-28)22-23-7-8-24-9-10-26(20-27(24)19-23)30(36)32-13-18-34-14-2-3-15-34/h4-10,19-21,28H,2-3,11-18,22H2,1H3,(H,32,36)(H,33,37). The number of carbonyl (C=O) groups excluding carboxylic acids is 2. The molecule has 3 aromatic rings. The lowest BCUT2D eigenvalue weighted by Gasteiger charge is -2.32. The second-order valence-electron chi connectivity index (χ2n) is 10.5. The SMILES string of the molecule is COc1cccc(C(=O)NC2CCN(Cc3ccc4ccc(C(=O)NCCN5CCCC5)cc4c3)CC2)c1. The van der Waals surface area contributed by atoms with Gasteiger partial charge in [0.05, 0.1) is 7.11 Å². The van der Waals surface area contributed by atoms with Gasteiger partial charge in [0.2, 0.25) is 0 Å².